The minimum Gasteiger partial charge on any atom is -0.512 e. The molecule has 0 saturated heterocycles. The third-order valence-electron chi connectivity index (χ3n) is 2.58. The first-order valence-electron chi connectivity index (χ1n) is 6.74. The van der Waals surface area contributed by atoms with E-state index >= 15 is 0 Å². The van der Waals surface area contributed by atoms with E-state index in [9.17, 15) is 24.2 Å². The number of ketones is 1. The van der Waals surface area contributed by atoms with E-state index in [2.05, 4.69) is 11.1 Å². The number of allylic oxidation sites excluding steroid dienone is 2. The Kier molecular flexibility index (Phi) is 7.32. The van der Waals surface area contributed by atoms with Crippen molar-refractivity contribution in [3.63, 3.8) is 0 Å². The van der Waals surface area contributed by atoms with E-state index in [1.807, 2.05) is 0 Å². The molecule has 1 N–H and O–H groups in total. The van der Waals surface area contributed by atoms with Crippen LogP contribution in [0.5, 0.6) is 0 Å². The van der Waals surface area contributed by atoms with E-state index in [0.29, 0.717) is 11.8 Å². The summed E-state index contributed by atoms with van der Waals surface area (Å²) in [5.41, 5.74) is 0.590. The van der Waals surface area contributed by atoms with Gasteiger partial charge in [0.25, 0.3) is 10.2 Å². The Labute approximate surface area is 161 Å². The molecule has 0 aliphatic rings. The van der Waals surface area contributed by atoms with E-state index in [0.717, 1.165) is 6.07 Å². The molecule has 2 rings (SSSR count). The van der Waals surface area contributed by atoms with Crippen LogP contribution in [-0.2, 0) is 24.9 Å². The Morgan fingerprint density at radius 1 is 1.12 bits per heavy atom. The summed E-state index contributed by atoms with van der Waals surface area (Å²) in [6.07, 6.45) is 2.61. The number of benzene rings is 1. The summed E-state index contributed by atoms with van der Waals surface area (Å²) in [6.45, 7) is 2.85. The number of aliphatic hydroxyl groups is 1. The van der Waals surface area contributed by atoms with Gasteiger partial charge in [0.2, 0.25) is 0 Å². The second-order valence-electron chi connectivity index (χ2n) is 5.02. The van der Waals surface area contributed by atoms with Crippen molar-refractivity contribution in [3.05, 3.63) is 60.5 Å². The molecule has 1 aromatic heterocycles. The van der Waals surface area contributed by atoms with Gasteiger partial charge in [0.1, 0.15) is 0 Å². The first kappa shape index (κ1) is 24.2. The molecule has 0 atom stereocenters. The molecule has 0 saturated carbocycles. The van der Waals surface area contributed by atoms with Crippen LogP contribution in [0.1, 0.15) is 13.8 Å². The number of carbonyl (C=O) groups excluding carboxylic acids is 1. The predicted molar refractivity (Wildman–Crippen MR) is 87.0 cm³/mol. The average Bonchev–Trinajstić information content (AvgIpc) is 2.45. The number of pyridine rings is 1. The number of halogens is 5. The summed E-state index contributed by atoms with van der Waals surface area (Å²) in [7, 11) is -9.61. The molecule has 10 heteroatoms. The monoisotopic (exact) mass is 573 g/mol. The van der Waals surface area contributed by atoms with Gasteiger partial charge in [0.05, 0.1) is 5.76 Å². The third kappa shape index (κ3) is 8.55. The summed E-state index contributed by atoms with van der Waals surface area (Å²) >= 11 is 0. The SMILES string of the molecule is CC(=O)/C=C(/C)O.FS(F)(F)(F)(F)c1c[c-]c(-c2ccccn2)cc1.[Ir]. The minimum atomic E-state index is -9.61. The number of rotatable bonds is 3. The van der Waals surface area contributed by atoms with Crippen molar-refractivity contribution in [2.24, 2.45) is 0 Å². The molecule has 1 aromatic carbocycles. The van der Waals surface area contributed by atoms with E-state index in [1.165, 1.54) is 26.1 Å². The number of aliphatic hydroxyl groups excluding tert-OH is 1. The molecule has 0 amide bonds. The van der Waals surface area contributed by atoms with Crippen molar-refractivity contribution in [3.8, 4) is 11.3 Å². The van der Waals surface area contributed by atoms with Crippen LogP contribution in [-0.4, -0.2) is 15.9 Å². The van der Waals surface area contributed by atoms with Crippen LogP contribution >= 0.6 is 10.2 Å². The second-order valence-corrected chi connectivity index (χ2v) is 7.43. The zero-order valence-electron chi connectivity index (χ0n) is 13.6. The normalized spacial score (nSPS) is 14.0. The Hall–Kier alpha value is -1.77. The predicted octanol–water partition coefficient (Wildman–Crippen LogP) is 6.24. The molecular formula is C16H15F5IrNO2S-. The van der Waals surface area contributed by atoms with Crippen LogP contribution in [0.3, 0.4) is 0 Å². The van der Waals surface area contributed by atoms with Gasteiger partial charge in [-0.05, 0) is 25.6 Å². The molecule has 3 nitrogen and oxygen atoms in total. The van der Waals surface area contributed by atoms with Crippen molar-refractivity contribution < 1.29 is 49.4 Å². The van der Waals surface area contributed by atoms with Crippen LogP contribution in [0.4, 0.5) is 19.4 Å². The molecule has 1 radical (unpaired) electrons. The van der Waals surface area contributed by atoms with Crippen molar-refractivity contribution in [2.45, 2.75) is 18.7 Å². The molecule has 147 valence electrons. The minimum absolute atomic E-state index is 0. The van der Waals surface area contributed by atoms with Crippen molar-refractivity contribution >= 4 is 16.0 Å². The summed E-state index contributed by atoms with van der Waals surface area (Å²) in [4.78, 5) is 12.0. The Morgan fingerprint density at radius 3 is 2.04 bits per heavy atom. The molecule has 0 bridgehead atoms. The maximum absolute atomic E-state index is 12.4. The summed E-state index contributed by atoms with van der Waals surface area (Å²) in [5, 5.41) is 8.36. The molecule has 0 spiro atoms. The zero-order chi connectivity index (χ0) is 19.4. The first-order valence-corrected chi connectivity index (χ1v) is 8.69. The van der Waals surface area contributed by atoms with E-state index in [-0.39, 0.29) is 43.3 Å². The fraction of sp³-hybridized carbons (Fsp3) is 0.125. The van der Waals surface area contributed by atoms with E-state index in [1.54, 1.807) is 18.2 Å². The Morgan fingerprint density at radius 2 is 1.73 bits per heavy atom. The Bertz CT molecular complexity index is 774. The number of aromatic nitrogens is 1. The standard InChI is InChI=1S/C11H7F5NS.C5H8O2.Ir/c12-18(13,14,15,16)10-6-4-9(5-7-10)11-3-1-2-8-17-11;1-4(6)3-5(2)7;/h1-4,6-8H;3,6H,1-2H3;/q-1;;/b;4-3-;. The molecule has 2 aromatic rings. The summed E-state index contributed by atoms with van der Waals surface area (Å²) in [6, 6.07) is 8.52. The number of nitrogens with zero attached hydrogens (tertiary/aromatic N) is 1. The summed E-state index contributed by atoms with van der Waals surface area (Å²) < 4.78 is 62.2. The third-order valence-corrected chi connectivity index (χ3v) is 3.73. The van der Waals surface area contributed by atoms with Crippen LogP contribution in [0.15, 0.2) is 59.3 Å². The van der Waals surface area contributed by atoms with Gasteiger partial charge in [-0.15, -0.1) is 49.3 Å². The largest absolute Gasteiger partial charge is 0.512 e. The fourth-order valence-corrected chi connectivity index (χ4v) is 2.23. The van der Waals surface area contributed by atoms with Crippen LogP contribution in [0, 0.1) is 6.07 Å². The molecule has 0 aliphatic heterocycles. The molecule has 26 heavy (non-hydrogen) atoms. The van der Waals surface area contributed by atoms with Crippen LogP contribution < -0.4 is 0 Å². The van der Waals surface area contributed by atoms with Gasteiger partial charge in [-0.25, -0.2) is 0 Å². The van der Waals surface area contributed by atoms with E-state index in [4.69, 9.17) is 5.11 Å². The van der Waals surface area contributed by atoms with Gasteiger partial charge in [0.15, 0.2) is 5.78 Å². The summed E-state index contributed by atoms with van der Waals surface area (Å²) in [5.74, 6) is -0.0625. The molecule has 0 fully saturated rings. The van der Waals surface area contributed by atoms with Crippen molar-refractivity contribution in [1.82, 2.24) is 4.98 Å². The second kappa shape index (κ2) is 7.85. The van der Waals surface area contributed by atoms with Gasteiger partial charge in [-0.3, -0.25) is 4.79 Å². The molecule has 0 aliphatic carbocycles. The fourth-order valence-electron chi connectivity index (χ4n) is 1.63. The smallest absolute Gasteiger partial charge is 0.283 e. The van der Waals surface area contributed by atoms with Crippen molar-refractivity contribution in [1.29, 1.82) is 0 Å². The number of carbonyl (C=O) groups is 1. The van der Waals surface area contributed by atoms with Crippen molar-refractivity contribution in [2.75, 3.05) is 0 Å². The van der Waals surface area contributed by atoms with E-state index < -0.39 is 15.1 Å². The van der Waals surface area contributed by atoms with Gasteiger partial charge in [-0.2, -0.15) is 0 Å². The van der Waals surface area contributed by atoms with Gasteiger partial charge in [0, 0.05) is 37.3 Å². The van der Waals surface area contributed by atoms with Gasteiger partial charge < -0.3 is 10.1 Å². The van der Waals surface area contributed by atoms with Gasteiger partial charge in [-0.1, -0.05) is 12.1 Å². The average molecular weight is 573 g/mol. The molecular weight excluding hydrogens is 557 g/mol. The topological polar surface area (TPSA) is 50.2 Å². The Balaban J connectivity index is 0.000000673. The number of hydrogen-bond donors (Lipinski definition) is 1. The first-order chi connectivity index (χ1) is 11.2. The maximum Gasteiger partial charge on any atom is 0.283 e. The van der Waals surface area contributed by atoms with Gasteiger partial charge >= 0.3 is 0 Å². The van der Waals surface area contributed by atoms with Crippen LogP contribution in [0.2, 0.25) is 0 Å². The van der Waals surface area contributed by atoms with Crippen LogP contribution in [0.25, 0.3) is 11.3 Å². The zero-order valence-corrected chi connectivity index (χ0v) is 16.8. The maximum atomic E-state index is 12.4. The quantitative estimate of drug-likeness (QED) is 0.205. The molecule has 0 unspecified atom stereocenters. The number of hydrogen-bond acceptors (Lipinski definition) is 3. The molecule has 1 heterocycles.